The summed E-state index contributed by atoms with van der Waals surface area (Å²) in [6.07, 6.45) is 6.01. The SMILES string of the molecule is Cc1cccc(F)c1C1=NCc2cnc(NC3=CC=C(C(=O)O)CC3)nc2-c2ccc(Cl)cc21. The zero-order valence-corrected chi connectivity index (χ0v) is 19.0. The topological polar surface area (TPSA) is 87.5 Å². The van der Waals surface area contributed by atoms with Crippen LogP contribution in [-0.4, -0.2) is 26.8 Å². The molecule has 1 aromatic heterocycles. The Labute approximate surface area is 200 Å². The number of aliphatic carboxylic acids is 1. The van der Waals surface area contributed by atoms with Crippen molar-refractivity contribution in [2.75, 3.05) is 5.32 Å². The smallest absolute Gasteiger partial charge is 0.331 e. The summed E-state index contributed by atoms with van der Waals surface area (Å²) < 4.78 is 14.9. The first kappa shape index (κ1) is 22.0. The van der Waals surface area contributed by atoms with Gasteiger partial charge in [-0.05, 0) is 49.6 Å². The van der Waals surface area contributed by atoms with Crippen molar-refractivity contribution in [1.82, 2.24) is 9.97 Å². The number of fused-ring (bicyclic) bond motifs is 3. The van der Waals surface area contributed by atoms with Gasteiger partial charge in [-0.2, -0.15) is 0 Å². The van der Waals surface area contributed by atoms with Crippen molar-refractivity contribution in [3.8, 4) is 11.3 Å². The van der Waals surface area contributed by atoms with E-state index in [4.69, 9.17) is 26.7 Å². The Morgan fingerprint density at radius 1 is 1.15 bits per heavy atom. The van der Waals surface area contributed by atoms with Gasteiger partial charge in [-0.3, -0.25) is 4.99 Å². The number of aromatic nitrogens is 2. The standard InChI is InChI=1S/C26H20ClFN4O2/c1-14-3-2-4-21(28)22(14)24-20-11-17(27)7-10-19(20)23-16(12-29-24)13-30-26(32-23)31-18-8-5-15(6-9-18)25(33)34/h2-5,7-8,10-11,13H,6,9,12H2,1H3,(H,33,34)(H,30,31,32). The van der Waals surface area contributed by atoms with Crippen LogP contribution in [0.5, 0.6) is 0 Å². The highest BCUT2D eigenvalue weighted by molar-refractivity contribution is 6.31. The number of anilines is 1. The number of hydrogen-bond acceptors (Lipinski definition) is 5. The van der Waals surface area contributed by atoms with Gasteiger partial charge in [-0.1, -0.05) is 35.9 Å². The molecule has 3 aromatic rings. The fourth-order valence-electron chi connectivity index (χ4n) is 4.19. The van der Waals surface area contributed by atoms with Crippen LogP contribution in [-0.2, 0) is 11.3 Å². The van der Waals surface area contributed by atoms with Gasteiger partial charge in [-0.15, -0.1) is 0 Å². The second kappa shape index (κ2) is 8.83. The summed E-state index contributed by atoms with van der Waals surface area (Å²) in [6, 6.07) is 10.4. The number of halogens is 2. The van der Waals surface area contributed by atoms with E-state index < -0.39 is 5.97 Å². The van der Waals surface area contributed by atoms with Gasteiger partial charge < -0.3 is 10.4 Å². The van der Waals surface area contributed by atoms with Crippen molar-refractivity contribution in [1.29, 1.82) is 0 Å². The van der Waals surface area contributed by atoms with Crippen LogP contribution in [0.1, 0.15) is 35.1 Å². The maximum absolute atomic E-state index is 14.9. The van der Waals surface area contributed by atoms with Crippen LogP contribution < -0.4 is 5.32 Å². The van der Waals surface area contributed by atoms with Gasteiger partial charge in [0.15, 0.2) is 0 Å². The Hall–Kier alpha value is -3.84. The minimum atomic E-state index is -0.909. The summed E-state index contributed by atoms with van der Waals surface area (Å²) in [5, 5.41) is 12.8. The lowest BCUT2D eigenvalue weighted by Crippen LogP contribution is -2.11. The molecule has 0 atom stereocenters. The molecule has 1 aliphatic heterocycles. The van der Waals surface area contributed by atoms with Gasteiger partial charge in [0.05, 0.1) is 18.0 Å². The van der Waals surface area contributed by atoms with E-state index in [9.17, 15) is 9.18 Å². The summed E-state index contributed by atoms with van der Waals surface area (Å²) in [5.74, 6) is -0.863. The first-order valence-corrected chi connectivity index (χ1v) is 11.1. The second-order valence-electron chi connectivity index (χ2n) is 8.17. The molecule has 2 aliphatic rings. The van der Waals surface area contributed by atoms with E-state index in [2.05, 4.69) is 10.3 Å². The average Bonchev–Trinajstić information content (AvgIpc) is 2.96. The summed E-state index contributed by atoms with van der Waals surface area (Å²) in [4.78, 5) is 25.1. The molecular weight excluding hydrogens is 455 g/mol. The van der Waals surface area contributed by atoms with Crippen molar-refractivity contribution in [3.05, 3.63) is 99.1 Å². The zero-order valence-electron chi connectivity index (χ0n) is 18.3. The fraction of sp³-hybridized carbons (Fsp3) is 0.154. The van der Waals surface area contributed by atoms with E-state index >= 15 is 0 Å². The van der Waals surface area contributed by atoms with Gasteiger partial charge in [0, 0.05) is 44.7 Å². The molecule has 170 valence electrons. The van der Waals surface area contributed by atoms with Crippen molar-refractivity contribution < 1.29 is 14.3 Å². The fourth-order valence-corrected chi connectivity index (χ4v) is 4.37. The lowest BCUT2D eigenvalue weighted by Gasteiger charge is -2.16. The Morgan fingerprint density at radius 3 is 2.74 bits per heavy atom. The lowest BCUT2D eigenvalue weighted by atomic mass is 9.93. The van der Waals surface area contributed by atoms with Gasteiger partial charge in [0.1, 0.15) is 5.82 Å². The maximum Gasteiger partial charge on any atom is 0.331 e. The van der Waals surface area contributed by atoms with Crippen molar-refractivity contribution in [2.24, 2.45) is 4.99 Å². The third-order valence-corrected chi connectivity index (χ3v) is 6.15. The quantitative estimate of drug-likeness (QED) is 0.506. The number of benzene rings is 2. The minimum Gasteiger partial charge on any atom is -0.478 e. The molecule has 34 heavy (non-hydrogen) atoms. The van der Waals surface area contributed by atoms with Crippen LogP contribution in [0.2, 0.25) is 5.02 Å². The number of aliphatic imine (C=N–C) groups is 1. The van der Waals surface area contributed by atoms with E-state index in [0.29, 0.717) is 58.5 Å². The third-order valence-electron chi connectivity index (χ3n) is 5.92. The Morgan fingerprint density at radius 2 is 2.00 bits per heavy atom. The summed E-state index contributed by atoms with van der Waals surface area (Å²) in [6.45, 7) is 2.14. The molecule has 2 heterocycles. The molecule has 0 bridgehead atoms. The Balaban J connectivity index is 1.58. The molecule has 1 aliphatic carbocycles. The monoisotopic (exact) mass is 474 g/mol. The number of carbonyl (C=O) groups is 1. The van der Waals surface area contributed by atoms with Crippen LogP contribution in [0.4, 0.5) is 10.3 Å². The Kier molecular flexibility index (Phi) is 5.71. The van der Waals surface area contributed by atoms with Crippen molar-refractivity contribution in [2.45, 2.75) is 26.3 Å². The van der Waals surface area contributed by atoms with Gasteiger partial charge in [0.25, 0.3) is 0 Å². The molecule has 0 fully saturated rings. The van der Waals surface area contributed by atoms with E-state index in [0.717, 1.165) is 22.4 Å². The number of nitrogens with one attached hydrogen (secondary N) is 1. The number of nitrogens with zero attached hydrogens (tertiary/aromatic N) is 3. The molecule has 5 rings (SSSR count). The summed E-state index contributed by atoms with van der Waals surface area (Å²) in [7, 11) is 0. The van der Waals surface area contributed by atoms with Crippen molar-refractivity contribution in [3.63, 3.8) is 0 Å². The molecule has 0 spiro atoms. The number of allylic oxidation sites excluding steroid dienone is 3. The average molecular weight is 475 g/mol. The zero-order chi connectivity index (χ0) is 23.8. The minimum absolute atomic E-state index is 0.290. The number of rotatable bonds is 4. The van der Waals surface area contributed by atoms with Gasteiger partial charge >= 0.3 is 5.97 Å². The van der Waals surface area contributed by atoms with E-state index in [1.54, 1.807) is 36.5 Å². The first-order chi connectivity index (χ1) is 16.4. The summed E-state index contributed by atoms with van der Waals surface area (Å²) in [5.41, 5.74) is 5.94. The molecule has 8 heteroatoms. The number of carboxylic acid groups (broad SMARTS) is 1. The second-order valence-corrected chi connectivity index (χ2v) is 8.60. The van der Waals surface area contributed by atoms with Crippen molar-refractivity contribution >= 4 is 29.2 Å². The summed E-state index contributed by atoms with van der Waals surface area (Å²) >= 11 is 6.33. The molecule has 0 radical (unpaired) electrons. The van der Waals surface area contributed by atoms with Crippen LogP contribution >= 0.6 is 11.6 Å². The molecule has 0 saturated carbocycles. The highest BCUT2D eigenvalue weighted by Crippen LogP contribution is 2.35. The number of hydrogen-bond donors (Lipinski definition) is 2. The maximum atomic E-state index is 14.9. The van der Waals surface area contributed by atoms with E-state index in [-0.39, 0.29) is 5.82 Å². The molecule has 0 saturated heterocycles. The molecule has 2 N–H and O–H groups in total. The third kappa shape index (κ3) is 4.10. The predicted molar refractivity (Wildman–Crippen MR) is 130 cm³/mol. The number of aryl methyl sites for hydroxylation is 1. The largest absolute Gasteiger partial charge is 0.478 e. The molecule has 0 amide bonds. The highest BCUT2D eigenvalue weighted by Gasteiger charge is 2.24. The van der Waals surface area contributed by atoms with Crippen LogP contribution in [0.15, 0.2) is 71.0 Å². The van der Waals surface area contributed by atoms with Gasteiger partial charge in [0.2, 0.25) is 5.95 Å². The number of carboxylic acids is 1. The predicted octanol–water partition coefficient (Wildman–Crippen LogP) is 5.70. The Bertz CT molecular complexity index is 1410. The molecule has 6 nitrogen and oxygen atoms in total. The van der Waals surface area contributed by atoms with E-state index in [1.165, 1.54) is 6.07 Å². The van der Waals surface area contributed by atoms with Crippen LogP contribution in [0.3, 0.4) is 0 Å². The van der Waals surface area contributed by atoms with E-state index in [1.807, 2.05) is 19.1 Å². The van der Waals surface area contributed by atoms with Crippen LogP contribution in [0.25, 0.3) is 11.3 Å². The molecular formula is C26H20ClFN4O2. The highest BCUT2D eigenvalue weighted by atomic mass is 35.5. The molecule has 0 unspecified atom stereocenters. The van der Waals surface area contributed by atoms with Crippen LogP contribution in [0, 0.1) is 12.7 Å². The first-order valence-electron chi connectivity index (χ1n) is 10.8. The normalized spacial score (nSPS) is 14.7. The molecule has 2 aromatic carbocycles. The lowest BCUT2D eigenvalue weighted by molar-refractivity contribution is -0.132. The van der Waals surface area contributed by atoms with Gasteiger partial charge in [-0.25, -0.2) is 19.2 Å².